The molecule has 0 radical (unpaired) electrons. The molecule has 1 aromatic rings. The molecular formula is C13H20BrNO. The first-order valence-corrected chi connectivity index (χ1v) is 6.59. The summed E-state index contributed by atoms with van der Waals surface area (Å²) in [7, 11) is 1.72. The van der Waals surface area contributed by atoms with Crippen molar-refractivity contribution in [3.8, 4) is 5.75 Å². The summed E-state index contributed by atoms with van der Waals surface area (Å²) in [5.74, 6) is 0.988. The summed E-state index contributed by atoms with van der Waals surface area (Å²) < 4.78 is 6.45. The van der Waals surface area contributed by atoms with Crippen LogP contribution in [-0.2, 0) is 6.42 Å². The number of ether oxygens (including phenoxy) is 1. The Balaban J connectivity index is 2.42. The van der Waals surface area contributed by atoms with Gasteiger partial charge in [0.05, 0.1) is 7.11 Å². The molecule has 0 aliphatic carbocycles. The van der Waals surface area contributed by atoms with Gasteiger partial charge in [0.2, 0.25) is 0 Å². The van der Waals surface area contributed by atoms with Gasteiger partial charge in [0.25, 0.3) is 0 Å². The van der Waals surface area contributed by atoms with Gasteiger partial charge in [-0.15, -0.1) is 0 Å². The van der Waals surface area contributed by atoms with Gasteiger partial charge in [0.15, 0.2) is 0 Å². The Morgan fingerprint density at radius 3 is 2.62 bits per heavy atom. The van der Waals surface area contributed by atoms with E-state index in [1.807, 2.05) is 12.1 Å². The zero-order valence-corrected chi connectivity index (χ0v) is 11.4. The summed E-state index contributed by atoms with van der Waals surface area (Å²) in [4.78, 5) is 0. The fourth-order valence-electron chi connectivity index (χ4n) is 1.76. The zero-order valence-electron chi connectivity index (χ0n) is 9.84. The smallest absolute Gasteiger partial charge is 0.122 e. The first kappa shape index (κ1) is 13.5. The number of methoxy groups -OCH3 is 1. The third-order valence-electron chi connectivity index (χ3n) is 2.64. The van der Waals surface area contributed by atoms with E-state index in [1.54, 1.807) is 7.11 Å². The van der Waals surface area contributed by atoms with Crippen molar-refractivity contribution in [3.63, 3.8) is 0 Å². The molecule has 0 aromatic heterocycles. The molecule has 0 saturated heterocycles. The van der Waals surface area contributed by atoms with Crippen LogP contribution in [0.2, 0.25) is 0 Å². The highest BCUT2D eigenvalue weighted by molar-refractivity contribution is 9.10. The normalized spacial score (nSPS) is 10.4. The molecule has 0 aliphatic heterocycles. The van der Waals surface area contributed by atoms with Gasteiger partial charge in [-0.05, 0) is 49.6 Å². The summed E-state index contributed by atoms with van der Waals surface area (Å²) in [6.07, 6.45) is 5.88. The van der Waals surface area contributed by atoms with Crippen molar-refractivity contribution in [2.24, 2.45) is 5.73 Å². The summed E-state index contributed by atoms with van der Waals surface area (Å²) in [5, 5.41) is 0. The minimum absolute atomic E-state index is 0.806. The van der Waals surface area contributed by atoms with E-state index in [0.717, 1.165) is 29.6 Å². The molecule has 2 N–H and O–H groups in total. The molecule has 0 unspecified atom stereocenters. The Kier molecular flexibility index (Phi) is 6.50. The van der Waals surface area contributed by atoms with Crippen molar-refractivity contribution in [2.75, 3.05) is 13.7 Å². The van der Waals surface area contributed by atoms with Gasteiger partial charge in [-0.2, -0.15) is 0 Å². The number of nitrogens with two attached hydrogens (primary N) is 1. The SMILES string of the molecule is COc1ccc(Br)cc1CCCCCCN. The van der Waals surface area contributed by atoms with Gasteiger partial charge in [-0.25, -0.2) is 0 Å². The van der Waals surface area contributed by atoms with Crippen LogP contribution in [0, 0.1) is 0 Å². The fourth-order valence-corrected chi connectivity index (χ4v) is 2.16. The van der Waals surface area contributed by atoms with Crippen LogP contribution in [0.25, 0.3) is 0 Å². The Morgan fingerprint density at radius 1 is 1.19 bits per heavy atom. The minimum atomic E-state index is 0.806. The highest BCUT2D eigenvalue weighted by atomic mass is 79.9. The molecule has 0 heterocycles. The molecule has 0 fully saturated rings. The number of rotatable bonds is 7. The predicted octanol–water partition coefficient (Wildman–Crippen LogP) is 3.52. The number of unbranched alkanes of at least 4 members (excludes halogenated alkanes) is 3. The largest absolute Gasteiger partial charge is 0.496 e. The second-order valence-electron chi connectivity index (χ2n) is 3.91. The van der Waals surface area contributed by atoms with Gasteiger partial charge in [0, 0.05) is 4.47 Å². The molecule has 0 bridgehead atoms. The molecule has 1 rings (SSSR count). The molecule has 90 valence electrons. The maximum absolute atomic E-state index is 5.46. The molecule has 0 spiro atoms. The Bertz CT molecular complexity index is 315. The maximum Gasteiger partial charge on any atom is 0.122 e. The second kappa shape index (κ2) is 7.69. The number of hydrogen-bond acceptors (Lipinski definition) is 2. The van der Waals surface area contributed by atoms with E-state index in [4.69, 9.17) is 10.5 Å². The van der Waals surface area contributed by atoms with Gasteiger partial charge in [-0.3, -0.25) is 0 Å². The number of hydrogen-bond donors (Lipinski definition) is 1. The van der Waals surface area contributed by atoms with Crippen molar-refractivity contribution in [1.82, 2.24) is 0 Å². The maximum atomic E-state index is 5.46. The van der Waals surface area contributed by atoms with E-state index in [2.05, 4.69) is 22.0 Å². The fraction of sp³-hybridized carbons (Fsp3) is 0.538. The monoisotopic (exact) mass is 285 g/mol. The molecule has 1 aromatic carbocycles. The van der Waals surface area contributed by atoms with Crippen molar-refractivity contribution >= 4 is 15.9 Å². The lowest BCUT2D eigenvalue weighted by atomic mass is 10.1. The number of halogens is 1. The standard InChI is InChI=1S/C13H20BrNO/c1-16-13-8-7-12(14)10-11(13)6-4-2-3-5-9-15/h7-8,10H,2-6,9,15H2,1H3. The summed E-state index contributed by atoms with van der Waals surface area (Å²) in [5.41, 5.74) is 6.74. The Morgan fingerprint density at radius 2 is 1.94 bits per heavy atom. The average Bonchev–Trinajstić information content (AvgIpc) is 2.29. The van der Waals surface area contributed by atoms with Gasteiger partial charge in [-0.1, -0.05) is 28.8 Å². The lowest BCUT2D eigenvalue weighted by Gasteiger charge is -2.08. The van der Waals surface area contributed by atoms with Crippen molar-refractivity contribution in [2.45, 2.75) is 32.1 Å². The third-order valence-corrected chi connectivity index (χ3v) is 3.14. The van der Waals surface area contributed by atoms with Crippen LogP contribution in [0.15, 0.2) is 22.7 Å². The number of aryl methyl sites for hydroxylation is 1. The van der Waals surface area contributed by atoms with E-state index < -0.39 is 0 Å². The predicted molar refractivity (Wildman–Crippen MR) is 71.9 cm³/mol. The molecule has 0 atom stereocenters. The molecule has 2 nitrogen and oxygen atoms in total. The van der Waals surface area contributed by atoms with Crippen molar-refractivity contribution in [3.05, 3.63) is 28.2 Å². The summed E-state index contributed by atoms with van der Waals surface area (Å²) >= 11 is 3.49. The van der Waals surface area contributed by atoms with Gasteiger partial charge >= 0.3 is 0 Å². The lowest BCUT2D eigenvalue weighted by Crippen LogP contribution is -1.98. The van der Waals surface area contributed by atoms with Gasteiger partial charge in [0.1, 0.15) is 5.75 Å². The molecule has 3 heteroatoms. The topological polar surface area (TPSA) is 35.2 Å². The van der Waals surface area contributed by atoms with Crippen molar-refractivity contribution in [1.29, 1.82) is 0 Å². The number of benzene rings is 1. The van der Waals surface area contributed by atoms with E-state index >= 15 is 0 Å². The van der Waals surface area contributed by atoms with Crippen molar-refractivity contribution < 1.29 is 4.74 Å². The summed E-state index contributed by atoms with van der Waals surface area (Å²) in [6, 6.07) is 6.16. The molecule has 0 amide bonds. The second-order valence-corrected chi connectivity index (χ2v) is 4.82. The Hall–Kier alpha value is -0.540. The lowest BCUT2D eigenvalue weighted by molar-refractivity contribution is 0.408. The first-order valence-electron chi connectivity index (χ1n) is 5.80. The van der Waals surface area contributed by atoms with Crippen LogP contribution in [0.5, 0.6) is 5.75 Å². The highest BCUT2D eigenvalue weighted by Gasteiger charge is 2.03. The van der Waals surface area contributed by atoms with Crippen LogP contribution < -0.4 is 10.5 Å². The van der Waals surface area contributed by atoms with E-state index in [9.17, 15) is 0 Å². The molecule has 0 aliphatic rings. The summed E-state index contributed by atoms with van der Waals surface area (Å²) in [6.45, 7) is 0.806. The van der Waals surface area contributed by atoms with Crippen LogP contribution in [0.3, 0.4) is 0 Å². The van der Waals surface area contributed by atoms with E-state index in [1.165, 1.54) is 24.8 Å². The van der Waals surface area contributed by atoms with E-state index in [0.29, 0.717) is 0 Å². The van der Waals surface area contributed by atoms with Crippen LogP contribution in [0.1, 0.15) is 31.2 Å². The Labute approximate surface area is 106 Å². The molecule has 0 saturated carbocycles. The third kappa shape index (κ3) is 4.54. The minimum Gasteiger partial charge on any atom is -0.496 e. The van der Waals surface area contributed by atoms with Crippen LogP contribution >= 0.6 is 15.9 Å². The first-order chi connectivity index (χ1) is 7.77. The molecular weight excluding hydrogens is 266 g/mol. The zero-order chi connectivity index (χ0) is 11.8. The highest BCUT2D eigenvalue weighted by Crippen LogP contribution is 2.24. The molecule has 16 heavy (non-hydrogen) atoms. The van der Waals surface area contributed by atoms with Gasteiger partial charge < -0.3 is 10.5 Å². The average molecular weight is 286 g/mol. The van der Waals surface area contributed by atoms with E-state index in [-0.39, 0.29) is 0 Å². The quantitative estimate of drug-likeness (QED) is 0.778. The van der Waals surface area contributed by atoms with Crippen LogP contribution in [0.4, 0.5) is 0 Å². The van der Waals surface area contributed by atoms with Crippen LogP contribution in [-0.4, -0.2) is 13.7 Å².